The van der Waals surface area contributed by atoms with Gasteiger partial charge in [-0.3, -0.25) is 9.79 Å². The number of carbonyl (C=O) groups is 1. The van der Waals surface area contributed by atoms with E-state index in [1.54, 1.807) is 7.05 Å². The highest BCUT2D eigenvalue weighted by atomic mass is 127. The Kier molecular flexibility index (Phi) is 12.3. The lowest BCUT2D eigenvalue weighted by molar-refractivity contribution is 0.0953. The zero-order valence-electron chi connectivity index (χ0n) is 15.2. The topological polar surface area (TPSA) is 65.5 Å². The van der Waals surface area contributed by atoms with Gasteiger partial charge in [0.05, 0.1) is 0 Å². The van der Waals surface area contributed by atoms with Crippen molar-refractivity contribution in [1.29, 1.82) is 0 Å². The summed E-state index contributed by atoms with van der Waals surface area (Å²) in [5.74, 6) is 1.43. The van der Waals surface area contributed by atoms with Crippen LogP contribution in [0.1, 0.15) is 49.5 Å². The first kappa shape index (κ1) is 22.7. The third-order valence-electron chi connectivity index (χ3n) is 3.42. The maximum absolute atomic E-state index is 12.0. The van der Waals surface area contributed by atoms with Crippen LogP contribution < -0.4 is 16.0 Å². The van der Waals surface area contributed by atoms with Gasteiger partial charge in [0.2, 0.25) is 0 Å². The molecule has 0 aromatic heterocycles. The van der Waals surface area contributed by atoms with Crippen molar-refractivity contribution < 1.29 is 4.79 Å². The summed E-state index contributed by atoms with van der Waals surface area (Å²) in [5.41, 5.74) is 1.75. The van der Waals surface area contributed by atoms with Gasteiger partial charge in [0.1, 0.15) is 0 Å². The maximum atomic E-state index is 12.0. The zero-order chi connectivity index (χ0) is 17.1. The minimum absolute atomic E-state index is 0. The molecule has 3 N–H and O–H groups in total. The fraction of sp³-hybridized carbons (Fsp3) is 0.556. The highest BCUT2D eigenvalue weighted by molar-refractivity contribution is 14.0. The Morgan fingerprint density at radius 2 is 1.92 bits per heavy atom. The fourth-order valence-corrected chi connectivity index (χ4v) is 2.05. The van der Waals surface area contributed by atoms with E-state index in [9.17, 15) is 4.79 Å². The molecule has 5 nitrogen and oxygen atoms in total. The lowest BCUT2D eigenvalue weighted by atomic mass is 10.1. The van der Waals surface area contributed by atoms with Gasteiger partial charge in [0, 0.05) is 32.2 Å². The molecule has 1 rings (SSSR count). The summed E-state index contributed by atoms with van der Waals surface area (Å²) in [6.45, 7) is 8.68. The summed E-state index contributed by atoms with van der Waals surface area (Å²) in [6.07, 6.45) is 2.04. The summed E-state index contributed by atoms with van der Waals surface area (Å²) in [5, 5.41) is 9.47. The van der Waals surface area contributed by atoms with Crippen LogP contribution in [0.2, 0.25) is 0 Å². The molecule has 0 saturated carbocycles. The van der Waals surface area contributed by atoms with Crippen LogP contribution in [0.5, 0.6) is 0 Å². The first-order valence-electron chi connectivity index (χ1n) is 8.38. The van der Waals surface area contributed by atoms with E-state index in [0.717, 1.165) is 30.9 Å². The summed E-state index contributed by atoms with van der Waals surface area (Å²) in [4.78, 5) is 16.2. The highest BCUT2D eigenvalue weighted by Crippen LogP contribution is 2.05. The number of nitrogens with zero attached hydrogens (tertiary/aromatic N) is 1. The molecule has 0 atom stereocenters. The molecule has 0 saturated heterocycles. The first-order valence-corrected chi connectivity index (χ1v) is 8.38. The molecular weight excluding hydrogens is 415 g/mol. The van der Waals surface area contributed by atoms with Gasteiger partial charge in [-0.05, 0) is 36.5 Å². The number of carbonyl (C=O) groups excluding carboxylic acids is 1. The SMILES string of the molecule is CCCNC(=O)c1cccc(CNC(=NC)NCCC(C)C)c1.I. The largest absolute Gasteiger partial charge is 0.356 e. The summed E-state index contributed by atoms with van der Waals surface area (Å²) in [6, 6.07) is 7.67. The quantitative estimate of drug-likeness (QED) is 0.327. The van der Waals surface area contributed by atoms with Crippen molar-refractivity contribution in [1.82, 2.24) is 16.0 Å². The van der Waals surface area contributed by atoms with Crippen molar-refractivity contribution in [3.63, 3.8) is 0 Å². The number of benzene rings is 1. The van der Waals surface area contributed by atoms with E-state index in [0.29, 0.717) is 24.6 Å². The molecule has 6 heteroatoms. The van der Waals surface area contributed by atoms with E-state index in [2.05, 4.69) is 34.8 Å². The Balaban J connectivity index is 0.00000529. The number of hydrogen-bond donors (Lipinski definition) is 3. The molecular formula is C18H31IN4O. The third-order valence-corrected chi connectivity index (χ3v) is 3.42. The monoisotopic (exact) mass is 446 g/mol. The van der Waals surface area contributed by atoms with Gasteiger partial charge in [-0.1, -0.05) is 32.9 Å². The van der Waals surface area contributed by atoms with E-state index in [1.807, 2.05) is 31.2 Å². The number of amides is 1. The number of hydrogen-bond acceptors (Lipinski definition) is 2. The molecule has 0 aliphatic heterocycles. The number of aliphatic imine (C=N–C) groups is 1. The van der Waals surface area contributed by atoms with E-state index < -0.39 is 0 Å². The molecule has 0 heterocycles. The van der Waals surface area contributed by atoms with Gasteiger partial charge in [-0.2, -0.15) is 0 Å². The van der Waals surface area contributed by atoms with Crippen molar-refractivity contribution in [2.45, 2.75) is 40.2 Å². The molecule has 0 aliphatic rings. The van der Waals surface area contributed by atoms with Crippen molar-refractivity contribution in [2.75, 3.05) is 20.1 Å². The second-order valence-corrected chi connectivity index (χ2v) is 5.99. The van der Waals surface area contributed by atoms with E-state index in [4.69, 9.17) is 0 Å². The lowest BCUT2D eigenvalue weighted by Crippen LogP contribution is -2.37. The number of halogens is 1. The predicted octanol–water partition coefficient (Wildman–Crippen LogP) is 3.16. The molecule has 0 bridgehead atoms. The van der Waals surface area contributed by atoms with Crippen LogP contribution >= 0.6 is 24.0 Å². The normalized spacial score (nSPS) is 11.0. The maximum Gasteiger partial charge on any atom is 0.251 e. The molecule has 24 heavy (non-hydrogen) atoms. The smallest absolute Gasteiger partial charge is 0.251 e. The highest BCUT2D eigenvalue weighted by Gasteiger charge is 2.05. The molecule has 0 aliphatic carbocycles. The standard InChI is InChI=1S/C18H30N4O.HI/c1-5-10-20-17(23)16-8-6-7-15(12-16)13-22-18(19-4)21-11-9-14(2)3;/h6-8,12,14H,5,9-11,13H2,1-4H3,(H,20,23)(H2,19,21,22);1H. The van der Waals surface area contributed by atoms with Crippen LogP contribution in [-0.4, -0.2) is 32.0 Å². The number of rotatable bonds is 8. The van der Waals surface area contributed by atoms with E-state index in [1.165, 1.54) is 0 Å². The van der Waals surface area contributed by atoms with Gasteiger partial charge in [-0.25, -0.2) is 0 Å². The van der Waals surface area contributed by atoms with E-state index in [-0.39, 0.29) is 29.9 Å². The number of guanidine groups is 1. The van der Waals surface area contributed by atoms with Gasteiger partial charge in [0.15, 0.2) is 5.96 Å². The molecule has 1 aromatic rings. The van der Waals surface area contributed by atoms with Crippen LogP contribution in [0.15, 0.2) is 29.3 Å². The van der Waals surface area contributed by atoms with Crippen molar-refractivity contribution in [3.05, 3.63) is 35.4 Å². The lowest BCUT2D eigenvalue weighted by Gasteiger charge is -2.13. The van der Waals surface area contributed by atoms with Crippen LogP contribution in [0.25, 0.3) is 0 Å². The van der Waals surface area contributed by atoms with Crippen LogP contribution in [-0.2, 0) is 6.54 Å². The van der Waals surface area contributed by atoms with Gasteiger partial charge < -0.3 is 16.0 Å². The zero-order valence-corrected chi connectivity index (χ0v) is 17.5. The Morgan fingerprint density at radius 3 is 2.54 bits per heavy atom. The van der Waals surface area contributed by atoms with Crippen molar-refractivity contribution >= 4 is 35.8 Å². The molecule has 136 valence electrons. The Labute approximate surface area is 163 Å². The fourth-order valence-electron chi connectivity index (χ4n) is 2.05. The van der Waals surface area contributed by atoms with Gasteiger partial charge >= 0.3 is 0 Å². The van der Waals surface area contributed by atoms with Crippen molar-refractivity contribution in [2.24, 2.45) is 10.9 Å². The van der Waals surface area contributed by atoms with Crippen LogP contribution in [0.4, 0.5) is 0 Å². The third kappa shape index (κ3) is 9.10. The second-order valence-electron chi connectivity index (χ2n) is 5.99. The summed E-state index contributed by atoms with van der Waals surface area (Å²) in [7, 11) is 1.76. The molecule has 0 unspecified atom stereocenters. The predicted molar refractivity (Wildman–Crippen MR) is 112 cm³/mol. The van der Waals surface area contributed by atoms with Crippen molar-refractivity contribution in [3.8, 4) is 0 Å². The van der Waals surface area contributed by atoms with Gasteiger partial charge in [-0.15, -0.1) is 24.0 Å². The molecule has 0 radical (unpaired) electrons. The molecule has 1 aromatic carbocycles. The minimum atomic E-state index is -0.0202. The molecule has 0 fully saturated rings. The minimum Gasteiger partial charge on any atom is -0.356 e. The van der Waals surface area contributed by atoms with E-state index >= 15 is 0 Å². The second kappa shape index (κ2) is 13.0. The molecule has 0 spiro atoms. The Hall–Kier alpha value is -1.31. The molecule has 1 amide bonds. The Morgan fingerprint density at radius 1 is 1.17 bits per heavy atom. The summed E-state index contributed by atoms with van der Waals surface area (Å²) >= 11 is 0. The van der Waals surface area contributed by atoms with Crippen LogP contribution in [0.3, 0.4) is 0 Å². The van der Waals surface area contributed by atoms with Crippen LogP contribution in [0, 0.1) is 5.92 Å². The Bertz CT molecular complexity index is 517. The average molecular weight is 446 g/mol. The number of nitrogens with one attached hydrogen (secondary N) is 3. The summed E-state index contributed by atoms with van der Waals surface area (Å²) < 4.78 is 0. The average Bonchev–Trinajstić information content (AvgIpc) is 2.55. The van der Waals surface area contributed by atoms with Gasteiger partial charge in [0.25, 0.3) is 5.91 Å². The first-order chi connectivity index (χ1) is 11.1.